The molecular weight excluding hydrogens is 236 g/mol. The summed E-state index contributed by atoms with van der Waals surface area (Å²) in [5.74, 6) is 0. The number of para-hydroxylation sites is 1. The van der Waals surface area contributed by atoms with Gasteiger partial charge in [-0.15, -0.1) is 0 Å². The lowest BCUT2D eigenvalue weighted by Gasteiger charge is -2.03. The van der Waals surface area contributed by atoms with Crippen LogP contribution in [0, 0.1) is 0 Å². The molecule has 0 aliphatic heterocycles. The van der Waals surface area contributed by atoms with Crippen molar-refractivity contribution in [2.45, 2.75) is 0 Å². The van der Waals surface area contributed by atoms with Gasteiger partial charge >= 0.3 is 0 Å². The van der Waals surface area contributed by atoms with Gasteiger partial charge in [-0.25, -0.2) is 0 Å². The average molecular weight is 250 g/mol. The molecule has 2 heterocycles. The Morgan fingerprint density at radius 2 is 1.89 bits per heavy atom. The molecule has 0 unspecified atom stereocenters. The van der Waals surface area contributed by atoms with Gasteiger partial charge in [0.25, 0.3) is 0 Å². The topological polar surface area (TPSA) is 35.0 Å². The number of methoxy groups -OCH3 is 1. The Morgan fingerprint density at radius 1 is 1.05 bits per heavy atom. The van der Waals surface area contributed by atoms with Crippen LogP contribution in [-0.2, 0) is 4.74 Å². The number of pyridine rings is 2. The summed E-state index contributed by atoms with van der Waals surface area (Å²) in [4.78, 5) is 8.87. The molecule has 0 atom stereocenters. The van der Waals surface area contributed by atoms with Gasteiger partial charge in [-0.2, -0.15) is 0 Å². The van der Waals surface area contributed by atoms with Crippen molar-refractivity contribution < 1.29 is 4.74 Å². The van der Waals surface area contributed by atoms with Gasteiger partial charge in [-0.1, -0.05) is 30.4 Å². The first kappa shape index (κ1) is 11.8. The molecule has 0 N–H and O–H groups in total. The third kappa shape index (κ3) is 2.33. The molecule has 1 aromatic carbocycles. The van der Waals surface area contributed by atoms with Gasteiger partial charge in [0.2, 0.25) is 0 Å². The number of rotatable bonds is 3. The van der Waals surface area contributed by atoms with Crippen LogP contribution >= 0.6 is 0 Å². The second kappa shape index (κ2) is 5.16. The summed E-state index contributed by atoms with van der Waals surface area (Å²) in [6, 6.07) is 10.3. The fourth-order valence-corrected chi connectivity index (χ4v) is 2.13. The quantitative estimate of drug-likeness (QED) is 0.668. The van der Waals surface area contributed by atoms with Crippen molar-refractivity contribution in [1.29, 1.82) is 0 Å². The molecule has 0 radical (unpaired) electrons. The SMILES string of the molecule is COC/C=C/c1cnc2cnc3ccccc3c2c1. The Morgan fingerprint density at radius 3 is 2.79 bits per heavy atom. The lowest BCUT2D eigenvalue weighted by Crippen LogP contribution is -1.86. The van der Waals surface area contributed by atoms with Crippen LogP contribution in [0.15, 0.2) is 48.8 Å². The van der Waals surface area contributed by atoms with Gasteiger partial charge in [-0.05, 0) is 17.7 Å². The Kier molecular flexibility index (Phi) is 3.21. The van der Waals surface area contributed by atoms with Crippen LogP contribution in [-0.4, -0.2) is 23.7 Å². The molecule has 3 nitrogen and oxygen atoms in total. The van der Waals surface area contributed by atoms with Crippen molar-refractivity contribution in [3.8, 4) is 0 Å². The van der Waals surface area contributed by atoms with E-state index < -0.39 is 0 Å². The number of hydrogen-bond acceptors (Lipinski definition) is 3. The predicted octanol–water partition coefficient (Wildman–Crippen LogP) is 3.44. The first-order valence-electron chi connectivity index (χ1n) is 6.17. The Balaban J connectivity index is 2.17. The van der Waals surface area contributed by atoms with Crippen molar-refractivity contribution in [1.82, 2.24) is 9.97 Å². The van der Waals surface area contributed by atoms with E-state index in [0.29, 0.717) is 6.61 Å². The molecule has 0 amide bonds. The van der Waals surface area contributed by atoms with Crippen LogP contribution in [0.25, 0.3) is 27.9 Å². The minimum Gasteiger partial charge on any atom is -0.381 e. The fraction of sp³-hybridized carbons (Fsp3) is 0.125. The van der Waals surface area contributed by atoms with Crippen molar-refractivity contribution in [2.24, 2.45) is 0 Å². The maximum atomic E-state index is 5.00. The van der Waals surface area contributed by atoms with E-state index in [1.807, 2.05) is 42.7 Å². The maximum absolute atomic E-state index is 5.00. The molecule has 3 rings (SSSR count). The minimum atomic E-state index is 0.606. The van der Waals surface area contributed by atoms with Gasteiger partial charge in [-0.3, -0.25) is 9.97 Å². The van der Waals surface area contributed by atoms with E-state index in [1.165, 1.54) is 0 Å². The molecule has 3 heteroatoms. The molecule has 94 valence electrons. The minimum absolute atomic E-state index is 0.606. The van der Waals surface area contributed by atoms with E-state index >= 15 is 0 Å². The fourth-order valence-electron chi connectivity index (χ4n) is 2.13. The molecule has 3 aromatic rings. The maximum Gasteiger partial charge on any atom is 0.0892 e. The summed E-state index contributed by atoms with van der Waals surface area (Å²) in [5.41, 5.74) is 2.98. The number of aromatic nitrogens is 2. The smallest absolute Gasteiger partial charge is 0.0892 e. The van der Waals surface area contributed by atoms with Gasteiger partial charge in [0, 0.05) is 24.1 Å². The molecule has 0 saturated heterocycles. The van der Waals surface area contributed by atoms with Gasteiger partial charge in [0.15, 0.2) is 0 Å². The van der Waals surface area contributed by atoms with Crippen molar-refractivity contribution in [3.05, 3.63) is 54.4 Å². The highest BCUT2D eigenvalue weighted by Gasteiger charge is 2.02. The number of benzene rings is 1. The summed E-state index contributed by atoms with van der Waals surface area (Å²) in [6.07, 6.45) is 7.67. The first-order chi connectivity index (χ1) is 9.38. The van der Waals surface area contributed by atoms with E-state index in [4.69, 9.17) is 4.74 Å². The van der Waals surface area contributed by atoms with Crippen LogP contribution in [0.1, 0.15) is 5.56 Å². The lowest BCUT2D eigenvalue weighted by molar-refractivity contribution is 0.234. The number of hydrogen-bond donors (Lipinski definition) is 0. The predicted molar refractivity (Wildman–Crippen MR) is 78.0 cm³/mol. The Bertz CT molecular complexity index is 750. The molecule has 19 heavy (non-hydrogen) atoms. The summed E-state index contributed by atoms with van der Waals surface area (Å²) in [5, 5.41) is 2.26. The summed E-state index contributed by atoms with van der Waals surface area (Å²) in [6.45, 7) is 0.606. The van der Waals surface area contributed by atoms with Crippen LogP contribution in [0.3, 0.4) is 0 Å². The highest BCUT2D eigenvalue weighted by Crippen LogP contribution is 2.23. The van der Waals surface area contributed by atoms with E-state index in [0.717, 1.165) is 27.4 Å². The normalized spacial score (nSPS) is 11.6. The molecule has 0 aliphatic rings. The number of ether oxygens (including phenoxy) is 1. The summed E-state index contributed by atoms with van der Waals surface area (Å²) in [7, 11) is 1.68. The van der Waals surface area contributed by atoms with E-state index in [9.17, 15) is 0 Å². The molecule has 0 spiro atoms. The zero-order valence-corrected chi connectivity index (χ0v) is 10.7. The molecule has 0 saturated carbocycles. The molecule has 0 fully saturated rings. The highest BCUT2D eigenvalue weighted by molar-refractivity contribution is 6.04. The van der Waals surface area contributed by atoms with Crippen molar-refractivity contribution in [2.75, 3.05) is 13.7 Å². The van der Waals surface area contributed by atoms with E-state index in [1.54, 1.807) is 7.11 Å². The average Bonchev–Trinajstić information content (AvgIpc) is 2.47. The third-order valence-electron chi connectivity index (χ3n) is 3.03. The van der Waals surface area contributed by atoms with Gasteiger partial charge < -0.3 is 4.74 Å². The number of fused-ring (bicyclic) bond motifs is 3. The van der Waals surface area contributed by atoms with E-state index in [-0.39, 0.29) is 0 Å². The zero-order chi connectivity index (χ0) is 13.1. The Hall–Kier alpha value is -2.26. The van der Waals surface area contributed by atoms with Gasteiger partial charge in [0.1, 0.15) is 0 Å². The van der Waals surface area contributed by atoms with Gasteiger partial charge in [0.05, 0.1) is 23.8 Å². The number of nitrogens with zero attached hydrogens (tertiary/aromatic N) is 2. The van der Waals surface area contributed by atoms with E-state index in [2.05, 4.69) is 22.1 Å². The monoisotopic (exact) mass is 250 g/mol. The molecule has 2 aromatic heterocycles. The van der Waals surface area contributed by atoms with Crippen molar-refractivity contribution >= 4 is 27.9 Å². The second-order valence-electron chi connectivity index (χ2n) is 4.33. The molecule has 0 bridgehead atoms. The van der Waals surface area contributed by atoms with Crippen LogP contribution in [0.2, 0.25) is 0 Å². The largest absolute Gasteiger partial charge is 0.381 e. The van der Waals surface area contributed by atoms with Crippen LogP contribution in [0.4, 0.5) is 0 Å². The lowest BCUT2D eigenvalue weighted by atomic mass is 10.1. The highest BCUT2D eigenvalue weighted by atomic mass is 16.5. The van der Waals surface area contributed by atoms with Crippen molar-refractivity contribution in [3.63, 3.8) is 0 Å². The Labute approximate surface area is 111 Å². The standard InChI is InChI=1S/C16H14N2O/c1-19-8-4-5-12-9-14-13-6-2-3-7-15(13)18-11-16(14)17-10-12/h2-7,9-11H,8H2,1H3/b5-4+. The van der Waals surface area contributed by atoms with Crippen LogP contribution < -0.4 is 0 Å². The molecular formula is C16H14N2O. The zero-order valence-electron chi connectivity index (χ0n) is 10.7. The first-order valence-corrected chi connectivity index (χ1v) is 6.17. The third-order valence-corrected chi connectivity index (χ3v) is 3.03. The van der Waals surface area contributed by atoms with Crippen LogP contribution in [0.5, 0.6) is 0 Å². The molecule has 0 aliphatic carbocycles. The summed E-state index contributed by atoms with van der Waals surface area (Å²) >= 11 is 0. The second-order valence-corrected chi connectivity index (χ2v) is 4.33. The summed E-state index contributed by atoms with van der Waals surface area (Å²) < 4.78 is 5.00.